The summed E-state index contributed by atoms with van der Waals surface area (Å²) in [4.78, 5) is 13.8. The van der Waals surface area contributed by atoms with Gasteiger partial charge in [-0.3, -0.25) is 4.90 Å². The van der Waals surface area contributed by atoms with Crippen LogP contribution in [0.4, 0.5) is 0 Å². The summed E-state index contributed by atoms with van der Waals surface area (Å²) in [6, 6.07) is 7.58. The van der Waals surface area contributed by atoms with Gasteiger partial charge >= 0.3 is 5.97 Å². The number of hydrogen-bond donors (Lipinski definition) is 1. The van der Waals surface area contributed by atoms with E-state index >= 15 is 0 Å². The summed E-state index contributed by atoms with van der Waals surface area (Å²) in [6.07, 6.45) is 2.54. The van der Waals surface area contributed by atoms with Crippen LogP contribution in [-0.2, 0) is 13.1 Å². The molecule has 0 saturated carbocycles. The number of fused-ring (bicyclic) bond motifs is 1. The van der Waals surface area contributed by atoms with Crippen molar-refractivity contribution in [3.8, 4) is 0 Å². The number of nitrogens with zero attached hydrogens (tertiary/aromatic N) is 2. The van der Waals surface area contributed by atoms with Crippen LogP contribution in [0.25, 0.3) is 10.9 Å². The Labute approximate surface area is 118 Å². The maximum atomic E-state index is 11.3. The Morgan fingerprint density at radius 1 is 1.30 bits per heavy atom. The molecule has 2 heterocycles. The van der Waals surface area contributed by atoms with Gasteiger partial charge in [-0.25, -0.2) is 4.79 Å². The highest BCUT2D eigenvalue weighted by molar-refractivity contribution is 6.03. The average molecular weight is 272 g/mol. The summed E-state index contributed by atoms with van der Waals surface area (Å²) in [5.74, 6) is -0.850. The number of likely N-dealkylation sites (tertiary alicyclic amines) is 1. The monoisotopic (exact) mass is 272 g/mol. The minimum absolute atomic E-state index is 0.400. The van der Waals surface area contributed by atoms with Crippen LogP contribution >= 0.6 is 0 Å². The molecule has 0 radical (unpaired) electrons. The first-order chi connectivity index (χ1) is 9.70. The number of aromatic carboxylic acids is 1. The fourth-order valence-corrected chi connectivity index (χ4v) is 3.20. The molecule has 1 aromatic heterocycles. The molecule has 0 bridgehead atoms. The third kappa shape index (κ3) is 2.20. The zero-order valence-electron chi connectivity index (χ0n) is 11.8. The first-order valence-corrected chi connectivity index (χ1v) is 7.27. The lowest BCUT2D eigenvalue weighted by molar-refractivity contribution is 0.0699. The molecule has 3 rings (SSSR count). The lowest BCUT2D eigenvalue weighted by Crippen LogP contribution is -2.20. The molecule has 0 atom stereocenters. The lowest BCUT2D eigenvalue weighted by Gasteiger charge is -2.16. The van der Waals surface area contributed by atoms with Crippen molar-refractivity contribution in [2.75, 3.05) is 13.1 Å². The highest BCUT2D eigenvalue weighted by Gasteiger charge is 2.18. The van der Waals surface area contributed by atoms with Gasteiger partial charge < -0.3 is 9.67 Å². The van der Waals surface area contributed by atoms with Crippen molar-refractivity contribution in [3.05, 3.63) is 35.5 Å². The molecule has 1 N–H and O–H groups in total. The lowest BCUT2D eigenvalue weighted by atomic mass is 10.1. The molecule has 0 spiro atoms. The van der Waals surface area contributed by atoms with Crippen molar-refractivity contribution in [2.24, 2.45) is 0 Å². The van der Waals surface area contributed by atoms with E-state index in [9.17, 15) is 9.90 Å². The van der Waals surface area contributed by atoms with Crippen LogP contribution in [0.5, 0.6) is 0 Å². The highest BCUT2D eigenvalue weighted by atomic mass is 16.4. The van der Waals surface area contributed by atoms with E-state index in [1.54, 1.807) is 6.07 Å². The zero-order chi connectivity index (χ0) is 14.1. The Kier molecular flexibility index (Phi) is 3.49. The van der Waals surface area contributed by atoms with Crippen molar-refractivity contribution >= 4 is 16.9 Å². The third-order valence-electron chi connectivity index (χ3n) is 4.16. The molecular weight excluding hydrogens is 252 g/mol. The van der Waals surface area contributed by atoms with Gasteiger partial charge in [-0.2, -0.15) is 0 Å². The molecule has 1 aliphatic heterocycles. The van der Waals surface area contributed by atoms with Crippen LogP contribution in [0, 0.1) is 0 Å². The van der Waals surface area contributed by atoms with Crippen LogP contribution in [0.3, 0.4) is 0 Å². The Bertz CT molecular complexity index is 639. The van der Waals surface area contributed by atoms with Crippen LogP contribution in [0.15, 0.2) is 24.3 Å². The van der Waals surface area contributed by atoms with Crippen molar-refractivity contribution in [1.82, 2.24) is 9.47 Å². The number of carboxylic acid groups (broad SMARTS) is 1. The number of aryl methyl sites for hydroxylation is 1. The van der Waals surface area contributed by atoms with E-state index in [0.717, 1.165) is 37.1 Å². The summed E-state index contributed by atoms with van der Waals surface area (Å²) in [5.41, 5.74) is 2.65. The average Bonchev–Trinajstić information content (AvgIpc) is 3.05. The molecular formula is C16H20N2O2. The molecule has 20 heavy (non-hydrogen) atoms. The first kappa shape index (κ1) is 13.2. The Morgan fingerprint density at radius 2 is 2.05 bits per heavy atom. The van der Waals surface area contributed by atoms with Gasteiger partial charge in [-0.05, 0) is 51.1 Å². The summed E-state index contributed by atoms with van der Waals surface area (Å²) in [6.45, 7) is 6.20. The van der Waals surface area contributed by atoms with Gasteiger partial charge in [0.25, 0.3) is 0 Å². The molecule has 1 saturated heterocycles. The van der Waals surface area contributed by atoms with Crippen molar-refractivity contribution in [1.29, 1.82) is 0 Å². The summed E-state index contributed by atoms with van der Waals surface area (Å²) < 4.78 is 2.24. The van der Waals surface area contributed by atoms with Gasteiger partial charge in [-0.1, -0.05) is 6.07 Å². The highest BCUT2D eigenvalue weighted by Crippen LogP contribution is 2.25. The van der Waals surface area contributed by atoms with Crippen molar-refractivity contribution < 1.29 is 9.90 Å². The van der Waals surface area contributed by atoms with Gasteiger partial charge in [-0.15, -0.1) is 0 Å². The molecule has 0 unspecified atom stereocenters. The molecule has 4 heteroatoms. The number of rotatable bonds is 4. The summed E-state index contributed by atoms with van der Waals surface area (Å²) in [5, 5.41) is 10.2. The maximum absolute atomic E-state index is 11.3. The van der Waals surface area contributed by atoms with Crippen LogP contribution < -0.4 is 0 Å². The first-order valence-electron chi connectivity index (χ1n) is 7.27. The summed E-state index contributed by atoms with van der Waals surface area (Å²) >= 11 is 0. The van der Waals surface area contributed by atoms with Gasteiger partial charge in [0.15, 0.2) is 0 Å². The van der Waals surface area contributed by atoms with Crippen molar-refractivity contribution in [2.45, 2.75) is 32.9 Å². The minimum atomic E-state index is -0.850. The van der Waals surface area contributed by atoms with E-state index in [0.29, 0.717) is 5.56 Å². The number of carboxylic acids is 1. The Hall–Kier alpha value is -1.81. The second-order valence-electron chi connectivity index (χ2n) is 5.41. The Morgan fingerprint density at radius 3 is 2.70 bits per heavy atom. The molecule has 2 aromatic rings. The standard InChI is InChI=1S/C16H20N2O2/c1-2-18-12(11-17-8-3-4-9-17)10-14-13(16(19)20)6-5-7-15(14)18/h5-7,10H,2-4,8-9,11H2,1H3,(H,19,20). The fourth-order valence-electron chi connectivity index (χ4n) is 3.20. The molecule has 4 nitrogen and oxygen atoms in total. The molecule has 0 amide bonds. The van der Waals surface area contributed by atoms with Gasteiger partial charge in [0.1, 0.15) is 0 Å². The molecule has 1 aliphatic rings. The zero-order valence-corrected chi connectivity index (χ0v) is 11.8. The van der Waals surface area contributed by atoms with E-state index in [1.807, 2.05) is 12.1 Å². The van der Waals surface area contributed by atoms with Gasteiger partial charge in [0.05, 0.1) is 5.56 Å². The number of carbonyl (C=O) groups is 1. The number of hydrogen-bond acceptors (Lipinski definition) is 2. The SMILES string of the molecule is CCn1c(CN2CCCC2)cc2c(C(=O)O)cccc21. The third-order valence-corrected chi connectivity index (χ3v) is 4.16. The number of aromatic nitrogens is 1. The molecule has 1 aromatic carbocycles. The van der Waals surface area contributed by atoms with Crippen molar-refractivity contribution in [3.63, 3.8) is 0 Å². The predicted octanol–water partition coefficient (Wildman–Crippen LogP) is 2.96. The largest absolute Gasteiger partial charge is 0.478 e. The maximum Gasteiger partial charge on any atom is 0.336 e. The topological polar surface area (TPSA) is 45.5 Å². The normalized spacial score (nSPS) is 16.1. The van der Waals surface area contributed by atoms with E-state index in [4.69, 9.17) is 0 Å². The molecule has 106 valence electrons. The van der Waals surface area contributed by atoms with E-state index in [-0.39, 0.29) is 0 Å². The van der Waals surface area contributed by atoms with Gasteiger partial charge in [0, 0.05) is 29.7 Å². The van der Waals surface area contributed by atoms with Crippen LogP contribution in [0.1, 0.15) is 35.8 Å². The quantitative estimate of drug-likeness (QED) is 0.930. The molecule has 0 aliphatic carbocycles. The fraction of sp³-hybridized carbons (Fsp3) is 0.438. The number of benzene rings is 1. The van der Waals surface area contributed by atoms with E-state index in [2.05, 4.69) is 22.5 Å². The van der Waals surface area contributed by atoms with Gasteiger partial charge in [0.2, 0.25) is 0 Å². The van der Waals surface area contributed by atoms with Crippen LogP contribution in [-0.4, -0.2) is 33.6 Å². The summed E-state index contributed by atoms with van der Waals surface area (Å²) in [7, 11) is 0. The molecule has 1 fully saturated rings. The predicted molar refractivity (Wildman–Crippen MR) is 79.1 cm³/mol. The second-order valence-corrected chi connectivity index (χ2v) is 5.41. The van der Waals surface area contributed by atoms with Crippen LogP contribution in [0.2, 0.25) is 0 Å². The second kappa shape index (κ2) is 5.29. The van der Waals surface area contributed by atoms with E-state index in [1.165, 1.54) is 18.5 Å². The Balaban J connectivity index is 2.07. The smallest absolute Gasteiger partial charge is 0.336 e. The van der Waals surface area contributed by atoms with E-state index < -0.39 is 5.97 Å². The minimum Gasteiger partial charge on any atom is -0.478 e.